The average Bonchev–Trinajstić information content (AvgIpc) is 1.99. The van der Waals surface area contributed by atoms with Crippen LogP contribution in [0.1, 0.15) is 19.8 Å². The fraction of sp³-hybridized carbons (Fsp3) is 0.625. The molecular weight excluding hydrogens is 144 g/mol. The van der Waals surface area contributed by atoms with E-state index in [1.807, 2.05) is 0 Å². The fourth-order valence-corrected chi connectivity index (χ4v) is 0.592. The molecule has 0 fully saturated rings. The van der Waals surface area contributed by atoms with Crippen LogP contribution in [0.2, 0.25) is 0 Å². The first-order valence-electron chi connectivity index (χ1n) is 3.72. The predicted molar refractivity (Wildman–Crippen MR) is 42.1 cm³/mol. The van der Waals surface area contributed by atoms with E-state index in [0.717, 1.165) is 0 Å². The number of aliphatic hydroxyl groups is 1. The molecule has 0 rings (SSSR count). The Morgan fingerprint density at radius 2 is 2.27 bits per heavy atom. The average molecular weight is 158 g/mol. The quantitative estimate of drug-likeness (QED) is 0.477. The molecule has 0 aromatic carbocycles. The van der Waals surface area contributed by atoms with Gasteiger partial charge in [0.05, 0.1) is 13.0 Å². The van der Waals surface area contributed by atoms with Crippen molar-refractivity contribution in [3.63, 3.8) is 0 Å². The van der Waals surface area contributed by atoms with Crippen LogP contribution in [0, 0.1) is 0 Å². The summed E-state index contributed by atoms with van der Waals surface area (Å²) in [6, 6.07) is 0. The molecule has 3 heteroatoms. The topological polar surface area (TPSA) is 46.5 Å². The van der Waals surface area contributed by atoms with Gasteiger partial charge in [0.1, 0.15) is 0 Å². The predicted octanol–water partition coefficient (Wildman–Crippen LogP) is 0.878. The van der Waals surface area contributed by atoms with Crippen LogP contribution in [-0.4, -0.2) is 24.3 Å². The number of carbonyl (C=O) groups is 1. The van der Waals surface area contributed by atoms with Crippen molar-refractivity contribution in [2.45, 2.75) is 19.8 Å². The summed E-state index contributed by atoms with van der Waals surface area (Å²) >= 11 is 0. The van der Waals surface area contributed by atoms with Gasteiger partial charge in [-0.05, 0) is 13.3 Å². The van der Waals surface area contributed by atoms with Crippen molar-refractivity contribution < 1.29 is 14.6 Å². The third-order valence-electron chi connectivity index (χ3n) is 1.05. The number of rotatable bonds is 5. The Hall–Kier alpha value is -0.830. The van der Waals surface area contributed by atoms with Gasteiger partial charge in [0.15, 0.2) is 0 Å². The molecule has 0 aliphatic rings. The Morgan fingerprint density at radius 1 is 1.55 bits per heavy atom. The monoisotopic (exact) mass is 158 g/mol. The summed E-state index contributed by atoms with van der Waals surface area (Å²) in [5.41, 5.74) is 0. The largest absolute Gasteiger partial charge is 0.466 e. The van der Waals surface area contributed by atoms with Gasteiger partial charge >= 0.3 is 5.97 Å². The molecule has 11 heavy (non-hydrogen) atoms. The molecule has 0 aromatic rings. The smallest absolute Gasteiger partial charge is 0.309 e. The highest BCUT2D eigenvalue weighted by Crippen LogP contribution is 1.89. The molecule has 0 aromatic heterocycles. The minimum Gasteiger partial charge on any atom is -0.466 e. The summed E-state index contributed by atoms with van der Waals surface area (Å²) in [6.07, 6.45) is 4.36. The molecular formula is C8H14O3. The lowest BCUT2D eigenvalue weighted by molar-refractivity contribution is -0.142. The van der Waals surface area contributed by atoms with Crippen LogP contribution in [0.25, 0.3) is 0 Å². The van der Waals surface area contributed by atoms with Crippen molar-refractivity contribution in [2.24, 2.45) is 0 Å². The van der Waals surface area contributed by atoms with Crippen LogP contribution in [0.5, 0.6) is 0 Å². The lowest BCUT2D eigenvalue weighted by Crippen LogP contribution is -2.01. The molecule has 0 radical (unpaired) electrons. The molecule has 64 valence electrons. The van der Waals surface area contributed by atoms with Gasteiger partial charge in [-0.2, -0.15) is 0 Å². The summed E-state index contributed by atoms with van der Waals surface area (Å²) in [6.45, 7) is 2.32. The number of carbonyl (C=O) groups excluding carboxylic acids is 1. The van der Waals surface area contributed by atoms with Crippen molar-refractivity contribution in [3.05, 3.63) is 12.2 Å². The van der Waals surface area contributed by atoms with E-state index in [9.17, 15) is 4.79 Å². The lowest BCUT2D eigenvalue weighted by atomic mass is 10.3. The number of hydrogen-bond donors (Lipinski definition) is 1. The second-order valence-corrected chi connectivity index (χ2v) is 1.99. The summed E-state index contributed by atoms with van der Waals surface area (Å²) in [4.78, 5) is 10.7. The van der Waals surface area contributed by atoms with Gasteiger partial charge in [-0.15, -0.1) is 0 Å². The Morgan fingerprint density at radius 3 is 2.82 bits per heavy atom. The Labute approximate surface area is 66.7 Å². The Bertz CT molecular complexity index is 129. The molecule has 0 unspecified atom stereocenters. The number of ether oxygens (including phenoxy) is 1. The van der Waals surface area contributed by atoms with E-state index in [-0.39, 0.29) is 12.6 Å². The highest BCUT2D eigenvalue weighted by molar-refractivity contribution is 5.71. The SMILES string of the molecule is CCOC(=O)C/C=C/CCO. The van der Waals surface area contributed by atoms with E-state index in [1.165, 1.54) is 0 Å². The second kappa shape index (κ2) is 7.28. The molecule has 1 N–H and O–H groups in total. The van der Waals surface area contributed by atoms with E-state index in [2.05, 4.69) is 4.74 Å². The molecule has 0 atom stereocenters. The summed E-state index contributed by atoms with van der Waals surface area (Å²) in [7, 11) is 0. The van der Waals surface area contributed by atoms with Crippen LogP contribution in [0.15, 0.2) is 12.2 Å². The number of aliphatic hydroxyl groups excluding tert-OH is 1. The van der Waals surface area contributed by atoms with Gasteiger partial charge < -0.3 is 9.84 Å². The molecule has 0 bridgehead atoms. The maximum atomic E-state index is 10.7. The number of hydrogen-bond acceptors (Lipinski definition) is 3. The van der Waals surface area contributed by atoms with E-state index in [1.54, 1.807) is 19.1 Å². The third-order valence-corrected chi connectivity index (χ3v) is 1.05. The van der Waals surface area contributed by atoms with Gasteiger partial charge in [-0.3, -0.25) is 4.79 Å². The van der Waals surface area contributed by atoms with Gasteiger partial charge in [-0.25, -0.2) is 0 Å². The highest BCUT2D eigenvalue weighted by atomic mass is 16.5. The minimum atomic E-state index is -0.221. The van der Waals surface area contributed by atoms with Crippen LogP contribution < -0.4 is 0 Å². The van der Waals surface area contributed by atoms with Gasteiger partial charge in [-0.1, -0.05) is 12.2 Å². The van der Waals surface area contributed by atoms with Gasteiger partial charge in [0.25, 0.3) is 0 Å². The van der Waals surface area contributed by atoms with Crippen molar-refractivity contribution in [1.82, 2.24) is 0 Å². The first-order valence-corrected chi connectivity index (χ1v) is 3.72. The first-order chi connectivity index (χ1) is 5.31. The molecule has 3 nitrogen and oxygen atoms in total. The van der Waals surface area contributed by atoms with Crippen LogP contribution in [0.3, 0.4) is 0 Å². The molecule has 0 aliphatic heterocycles. The van der Waals surface area contributed by atoms with Crippen LogP contribution >= 0.6 is 0 Å². The van der Waals surface area contributed by atoms with Crippen molar-refractivity contribution in [2.75, 3.05) is 13.2 Å². The third kappa shape index (κ3) is 7.06. The zero-order chi connectivity index (χ0) is 8.53. The molecule has 0 aliphatic carbocycles. The summed E-state index contributed by atoms with van der Waals surface area (Å²) in [5.74, 6) is -0.221. The Balaban J connectivity index is 3.29. The van der Waals surface area contributed by atoms with Crippen LogP contribution in [-0.2, 0) is 9.53 Å². The van der Waals surface area contributed by atoms with E-state index in [4.69, 9.17) is 5.11 Å². The number of esters is 1. The standard InChI is InChI=1S/C8H14O3/c1-2-11-8(10)6-4-3-5-7-9/h3-4,9H,2,5-7H2,1H3/b4-3+. The van der Waals surface area contributed by atoms with Crippen molar-refractivity contribution >= 4 is 5.97 Å². The zero-order valence-corrected chi connectivity index (χ0v) is 6.75. The Kier molecular flexibility index (Phi) is 6.73. The maximum Gasteiger partial charge on any atom is 0.309 e. The summed E-state index contributed by atoms with van der Waals surface area (Å²) < 4.78 is 4.67. The molecule has 0 amide bonds. The second-order valence-electron chi connectivity index (χ2n) is 1.99. The van der Waals surface area contributed by atoms with Gasteiger partial charge in [0, 0.05) is 6.61 Å². The molecule has 0 heterocycles. The van der Waals surface area contributed by atoms with E-state index in [0.29, 0.717) is 19.4 Å². The molecule has 0 spiro atoms. The molecule has 0 saturated carbocycles. The highest BCUT2D eigenvalue weighted by Gasteiger charge is 1.94. The van der Waals surface area contributed by atoms with E-state index < -0.39 is 0 Å². The van der Waals surface area contributed by atoms with E-state index >= 15 is 0 Å². The lowest BCUT2D eigenvalue weighted by Gasteiger charge is -1.95. The minimum absolute atomic E-state index is 0.124. The molecule has 0 saturated heterocycles. The zero-order valence-electron chi connectivity index (χ0n) is 6.75. The summed E-state index contributed by atoms with van der Waals surface area (Å²) in [5, 5.41) is 8.37. The van der Waals surface area contributed by atoms with Crippen molar-refractivity contribution in [1.29, 1.82) is 0 Å². The van der Waals surface area contributed by atoms with Crippen molar-refractivity contribution in [3.8, 4) is 0 Å². The fourth-order valence-electron chi connectivity index (χ4n) is 0.592. The first kappa shape index (κ1) is 10.2. The normalized spacial score (nSPS) is 10.4. The van der Waals surface area contributed by atoms with Gasteiger partial charge in [0.2, 0.25) is 0 Å². The maximum absolute atomic E-state index is 10.7. The van der Waals surface area contributed by atoms with Crippen LogP contribution in [0.4, 0.5) is 0 Å².